The van der Waals surface area contributed by atoms with Crippen molar-refractivity contribution in [3.63, 3.8) is 0 Å². The molecule has 0 bridgehead atoms. The van der Waals surface area contributed by atoms with E-state index in [1.54, 1.807) is 36.4 Å². The fourth-order valence-corrected chi connectivity index (χ4v) is 3.04. The zero-order valence-corrected chi connectivity index (χ0v) is 14.5. The van der Waals surface area contributed by atoms with Gasteiger partial charge in [0.25, 0.3) is 0 Å². The van der Waals surface area contributed by atoms with Crippen LogP contribution in [0.25, 0.3) is 22.6 Å². The largest absolute Gasteiger partial charge is 0.508 e. The van der Waals surface area contributed by atoms with Gasteiger partial charge in [0.15, 0.2) is 5.82 Å². The van der Waals surface area contributed by atoms with Gasteiger partial charge in [-0.25, -0.2) is 14.4 Å². The van der Waals surface area contributed by atoms with E-state index in [1.165, 1.54) is 12.1 Å². The Labute approximate surface area is 155 Å². The van der Waals surface area contributed by atoms with Crippen molar-refractivity contribution in [2.75, 3.05) is 25.4 Å². The second-order valence-corrected chi connectivity index (χ2v) is 6.35. The van der Waals surface area contributed by atoms with Crippen molar-refractivity contribution in [3.05, 3.63) is 60.0 Å². The zero-order valence-electron chi connectivity index (χ0n) is 14.5. The third kappa shape index (κ3) is 3.74. The van der Waals surface area contributed by atoms with Crippen molar-refractivity contribution in [1.82, 2.24) is 15.3 Å². The summed E-state index contributed by atoms with van der Waals surface area (Å²) < 4.78 is 20.2. The molecule has 1 fully saturated rings. The molecule has 4 N–H and O–H groups in total. The summed E-state index contributed by atoms with van der Waals surface area (Å²) in [5, 5.41) is 13.1. The number of phenols is 1. The van der Waals surface area contributed by atoms with E-state index in [0.29, 0.717) is 47.2 Å². The molecule has 138 valence electrons. The summed E-state index contributed by atoms with van der Waals surface area (Å²) in [7, 11) is 0. The number of nitrogens with zero attached hydrogens (tertiary/aromatic N) is 2. The lowest BCUT2D eigenvalue weighted by atomic mass is 10.1. The molecule has 1 aliphatic heterocycles. The first kappa shape index (κ1) is 17.4. The van der Waals surface area contributed by atoms with Gasteiger partial charge >= 0.3 is 0 Å². The molecule has 1 unspecified atom stereocenters. The highest BCUT2D eigenvalue weighted by atomic mass is 19.1. The molecule has 2 aromatic carbocycles. The minimum atomic E-state index is -0.418. The average molecular weight is 366 g/mol. The Morgan fingerprint density at radius 3 is 2.81 bits per heavy atom. The normalized spacial score (nSPS) is 17.0. The predicted molar refractivity (Wildman–Crippen MR) is 101 cm³/mol. The van der Waals surface area contributed by atoms with Crippen LogP contribution < -0.4 is 11.1 Å². The minimum absolute atomic E-state index is 0.105. The van der Waals surface area contributed by atoms with Gasteiger partial charge in [0, 0.05) is 29.9 Å². The molecule has 1 aromatic heterocycles. The van der Waals surface area contributed by atoms with Gasteiger partial charge in [-0.05, 0) is 36.4 Å². The number of benzene rings is 2. The molecule has 6 nitrogen and oxygen atoms in total. The van der Waals surface area contributed by atoms with Gasteiger partial charge in [-0.15, -0.1) is 0 Å². The van der Waals surface area contributed by atoms with E-state index in [0.717, 1.165) is 6.54 Å². The molecule has 7 heteroatoms. The van der Waals surface area contributed by atoms with Crippen LogP contribution in [0.2, 0.25) is 0 Å². The summed E-state index contributed by atoms with van der Waals surface area (Å²) in [6, 6.07) is 12.7. The average Bonchev–Trinajstić information content (AvgIpc) is 2.70. The lowest BCUT2D eigenvalue weighted by Gasteiger charge is -2.24. The van der Waals surface area contributed by atoms with Crippen molar-refractivity contribution in [1.29, 1.82) is 0 Å². The van der Waals surface area contributed by atoms with E-state index in [9.17, 15) is 9.50 Å². The third-order valence-electron chi connectivity index (χ3n) is 4.37. The van der Waals surface area contributed by atoms with Crippen LogP contribution in [0.4, 0.5) is 10.1 Å². The first-order valence-corrected chi connectivity index (χ1v) is 8.66. The van der Waals surface area contributed by atoms with Gasteiger partial charge in [0.2, 0.25) is 0 Å². The number of nitrogen functional groups attached to an aromatic ring is 1. The number of halogens is 1. The van der Waals surface area contributed by atoms with Gasteiger partial charge in [-0.2, -0.15) is 0 Å². The van der Waals surface area contributed by atoms with Crippen LogP contribution in [0, 0.1) is 5.82 Å². The molecule has 0 amide bonds. The van der Waals surface area contributed by atoms with Gasteiger partial charge in [-0.3, -0.25) is 0 Å². The van der Waals surface area contributed by atoms with Crippen molar-refractivity contribution in [3.8, 4) is 28.4 Å². The summed E-state index contributed by atoms with van der Waals surface area (Å²) in [5.74, 6) is 0.0709. The Bertz CT molecular complexity index is 974. The molecule has 0 aliphatic carbocycles. The predicted octanol–water partition coefficient (Wildman–Crippen LogP) is 2.90. The van der Waals surface area contributed by atoms with Crippen LogP contribution >= 0.6 is 0 Å². The van der Waals surface area contributed by atoms with Crippen LogP contribution in [0.1, 0.15) is 11.8 Å². The fraction of sp³-hybridized carbons (Fsp3) is 0.200. The highest BCUT2D eigenvalue weighted by molar-refractivity contribution is 5.68. The van der Waals surface area contributed by atoms with Crippen LogP contribution in [0.15, 0.2) is 48.5 Å². The zero-order chi connectivity index (χ0) is 18.8. The molecule has 27 heavy (non-hydrogen) atoms. The topological polar surface area (TPSA) is 93.3 Å². The number of nitrogens with two attached hydrogens (primary N) is 1. The van der Waals surface area contributed by atoms with Crippen LogP contribution in [0.3, 0.4) is 0 Å². The maximum atomic E-state index is 14.4. The Morgan fingerprint density at radius 2 is 2.04 bits per heavy atom. The van der Waals surface area contributed by atoms with Gasteiger partial charge in [0.05, 0.1) is 18.0 Å². The maximum Gasteiger partial charge on any atom is 0.160 e. The summed E-state index contributed by atoms with van der Waals surface area (Å²) in [4.78, 5) is 9.12. The number of ether oxygens (including phenoxy) is 1. The molecule has 1 saturated heterocycles. The van der Waals surface area contributed by atoms with Crippen LogP contribution in [-0.4, -0.2) is 34.8 Å². The Morgan fingerprint density at radius 1 is 1.15 bits per heavy atom. The lowest BCUT2D eigenvalue weighted by Crippen LogP contribution is -2.33. The summed E-state index contributed by atoms with van der Waals surface area (Å²) in [6.07, 6.45) is -0.263. The summed E-state index contributed by atoms with van der Waals surface area (Å²) in [5.41, 5.74) is 8.27. The standard InChI is InChI=1S/C20H19FN4O2/c21-16-5-4-13(22)9-15(16)17-10-18(19-11-23-6-7-27-19)25-20(24-17)12-2-1-3-14(26)8-12/h1-5,8-10,19,23,26H,6-7,11,22H2. The SMILES string of the molecule is Nc1ccc(F)c(-c2cc(C3CNCCO3)nc(-c3cccc(O)c3)n2)c1. The van der Waals surface area contributed by atoms with E-state index in [2.05, 4.69) is 15.3 Å². The molecule has 1 aliphatic rings. The van der Waals surface area contributed by atoms with Gasteiger partial charge in [0.1, 0.15) is 17.7 Å². The van der Waals surface area contributed by atoms with E-state index in [1.807, 2.05) is 0 Å². The molecular formula is C20H19FN4O2. The van der Waals surface area contributed by atoms with Crippen molar-refractivity contribution in [2.45, 2.75) is 6.10 Å². The Balaban J connectivity index is 1.87. The maximum absolute atomic E-state index is 14.4. The van der Waals surface area contributed by atoms with Crippen molar-refractivity contribution < 1.29 is 14.2 Å². The van der Waals surface area contributed by atoms with Crippen molar-refractivity contribution >= 4 is 5.69 Å². The molecule has 0 saturated carbocycles. The number of aromatic nitrogens is 2. The van der Waals surface area contributed by atoms with E-state index >= 15 is 0 Å². The van der Waals surface area contributed by atoms with Gasteiger partial charge in [-0.1, -0.05) is 12.1 Å². The molecule has 0 radical (unpaired) electrons. The quantitative estimate of drug-likeness (QED) is 0.617. The second kappa shape index (κ2) is 7.30. The first-order chi connectivity index (χ1) is 13.1. The van der Waals surface area contributed by atoms with Crippen LogP contribution in [-0.2, 0) is 4.74 Å². The minimum Gasteiger partial charge on any atom is -0.508 e. The number of anilines is 1. The lowest BCUT2D eigenvalue weighted by molar-refractivity contribution is 0.0250. The molecular weight excluding hydrogens is 347 g/mol. The molecule has 4 rings (SSSR count). The monoisotopic (exact) mass is 366 g/mol. The fourth-order valence-electron chi connectivity index (χ4n) is 3.04. The number of nitrogens with one attached hydrogen (secondary N) is 1. The number of phenolic OH excluding ortho intramolecular Hbond substituents is 1. The summed E-state index contributed by atoms with van der Waals surface area (Å²) in [6.45, 7) is 1.95. The van der Waals surface area contributed by atoms with Crippen LogP contribution in [0.5, 0.6) is 5.75 Å². The van der Waals surface area contributed by atoms with E-state index in [4.69, 9.17) is 10.5 Å². The smallest absolute Gasteiger partial charge is 0.160 e. The molecule has 1 atom stereocenters. The molecule has 3 aromatic rings. The number of rotatable bonds is 3. The highest BCUT2D eigenvalue weighted by Crippen LogP contribution is 2.30. The number of aromatic hydroxyl groups is 1. The summed E-state index contributed by atoms with van der Waals surface area (Å²) >= 11 is 0. The Hall–Kier alpha value is -3.03. The number of morpholine rings is 1. The third-order valence-corrected chi connectivity index (χ3v) is 4.37. The number of hydrogen-bond acceptors (Lipinski definition) is 6. The first-order valence-electron chi connectivity index (χ1n) is 8.66. The van der Waals surface area contributed by atoms with E-state index < -0.39 is 5.82 Å². The Kier molecular flexibility index (Phi) is 4.70. The highest BCUT2D eigenvalue weighted by Gasteiger charge is 2.21. The van der Waals surface area contributed by atoms with E-state index in [-0.39, 0.29) is 11.9 Å². The molecule has 2 heterocycles. The molecule has 0 spiro atoms. The second-order valence-electron chi connectivity index (χ2n) is 6.35. The van der Waals surface area contributed by atoms with Gasteiger partial charge < -0.3 is 20.9 Å². The number of hydrogen-bond donors (Lipinski definition) is 3. The van der Waals surface area contributed by atoms with Crippen molar-refractivity contribution in [2.24, 2.45) is 0 Å².